The van der Waals surface area contributed by atoms with Crippen molar-refractivity contribution >= 4 is 17.3 Å². The first-order valence-electron chi connectivity index (χ1n) is 5.79. The minimum Gasteiger partial charge on any atom is -0.325 e. The van der Waals surface area contributed by atoms with Crippen molar-refractivity contribution in [2.45, 2.75) is 13.3 Å². The highest BCUT2D eigenvalue weighted by Crippen LogP contribution is 2.23. The van der Waals surface area contributed by atoms with Crippen molar-refractivity contribution in [1.82, 2.24) is 5.32 Å². The molecule has 0 unspecified atom stereocenters. The van der Waals surface area contributed by atoms with Crippen LogP contribution in [-0.4, -0.2) is 23.9 Å². The molecule has 0 saturated heterocycles. The summed E-state index contributed by atoms with van der Waals surface area (Å²) in [4.78, 5) is 21.9. The number of nitrogens with zero attached hydrogens (tertiary/aromatic N) is 1. The first-order chi connectivity index (χ1) is 9.08. The summed E-state index contributed by atoms with van der Waals surface area (Å²) in [7, 11) is 0. The number of anilines is 1. The highest BCUT2D eigenvalue weighted by Gasteiger charge is 2.13. The van der Waals surface area contributed by atoms with Gasteiger partial charge in [0.05, 0.1) is 18.0 Å². The van der Waals surface area contributed by atoms with E-state index in [-0.39, 0.29) is 18.1 Å². The standard InChI is InChI=1S/C13H15N3O3/c1-3-7-14-9-13(17)15-11-6-5-10(4-2)12(8-11)16(18)19/h1,5-6,8,14H,4,7,9H2,2H3,(H,15,17). The van der Waals surface area contributed by atoms with Gasteiger partial charge in [-0.25, -0.2) is 0 Å². The average Bonchev–Trinajstić information content (AvgIpc) is 2.39. The second-order valence-electron chi connectivity index (χ2n) is 3.81. The lowest BCUT2D eigenvalue weighted by Crippen LogP contribution is -2.28. The molecule has 0 bridgehead atoms. The Balaban J connectivity index is 2.74. The second-order valence-corrected chi connectivity index (χ2v) is 3.81. The Labute approximate surface area is 111 Å². The maximum absolute atomic E-state index is 11.5. The lowest BCUT2D eigenvalue weighted by Gasteiger charge is -2.07. The Bertz CT molecular complexity index is 520. The summed E-state index contributed by atoms with van der Waals surface area (Å²) in [5, 5.41) is 16.2. The van der Waals surface area contributed by atoms with E-state index in [1.165, 1.54) is 6.07 Å². The molecule has 6 heteroatoms. The van der Waals surface area contributed by atoms with Crippen LogP contribution in [0.15, 0.2) is 18.2 Å². The van der Waals surface area contributed by atoms with Crippen molar-refractivity contribution in [3.05, 3.63) is 33.9 Å². The van der Waals surface area contributed by atoms with E-state index >= 15 is 0 Å². The van der Waals surface area contributed by atoms with Crippen molar-refractivity contribution < 1.29 is 9.72 Å². The fourth-order valence-electron chi connectivity index (χ4n) is 1.56. The molecule has 100 valence electrons. The van der Waals surface area contributed by atoms with E-state index in [1.807, 2.05) is 6.92 Å². The van der Waals surface area contributed by atoms with Gasteiger partial charge in [0.15, 0.2) is 0 Å². The van der Waals surface area contributed by atoms with Crippen LogP contribution < -0.4 is 10.6 Å². The van der Waals surface area contributed by atoms with Gasteiger partial charge in [-0.2, -0.15) is 0 Å². The first-order valence-corrected chi connectivity index (χ1v) is 5.79. The van der Waals surface area contributed by atoms with Crippen LogP contribution >= 0.6 is 0 Å². The molecule has 0 aromatic heterocycles. The molecule has 1 aromatic rings. The minimum atomic E-state index is -0.453. The summed E-state index contributed by atoms with van der Waals surface area (Å²) in [5.74, 6) is 2.05. The van der Waals surface area contributed by atoms with Crippen LogP contribution in [0.5, 0.6) is 0 Å². The largest absolute Gasteiger partial charge is 0.325 e. The van der Waals surface area contributed by atoms with E-state index in [2.05, 4.69) is 16.6 Å². The maximum Gasteiger partial charge on any atom is 0.274 e. The predicted molar refractivity (Wildman–Crippen MR) is 72.8 cm³/mol. The zero-order valence-corrected chi connectivity index (χ0v) is 10.6. The topological polar surface area (TPSA) is 84.3 Å². The molecule has 0 saturated carbocycles. The van der Waals surface area contributed by atoms with Crippen LogP contribution in [0, 0.1) is 22.5 Å². The van der Waals surface area contributed by atoms with Crippen LogP contribution in [0.4, 0.5) is 11.4 Å². The molecule has 2 N–H and O–H groups in total. The Hall–Kier alpha value is -2.39. The Morgan fingerprint density at radius 2 is 2.26 bits per heavy atom. The highest BCUT2D eigenvalue weighted by molar-refractivity contribution is 5.92. The molecule has 0 radical (unpaired) electrons. The lowest BCUT2D eigenvalue weighted by atomic mass is 10.1. The number of nitrogens with one attached hydrogen (secondary N) is 2. The van der Waals surface area contributed by atoms with Crippen molar-refractivity contribution in [3.8, 4) is 12.3 Å². The Kier molecular flexibility index (Phi) is 5.51. The van der Waals surface area contributed by atoms with Gasteiger partial charge in [0.1, 0.15) is 0 Å². The third-order valence-corrected chi connectivity index (χ3v) is 2.46. The molecule has 0 fully saturated rings. The summed E-state index contributed by atoms with van der Waals surface area (Å²) in [6.07, 6.45) is 5.60. The fraction of sp³-hybridized carbons (Fsp3) is 0.308. The molecule has 1 aromatic carbocycles. The quantitative estimate of drug-likeness (QED) is 0.350. The van der Waals surface area contributed by atoms with Crippen molar-refractivity contribution in [3.63, 3.8) is 0 Å². The van der Waals surface area contributed by atoms with E-state index in [1.54, 1.807) is 12.1 Å². The highest BCUT2D eigenvalue weighted by atomic mass is 16.6. The average molecular weight is 261 g/mol. The molecule has 19 heavy (non-hydrogen) atoms. The molecule has 0 aliphatic carbocycles. The molecule has 0 atom stereocenters. The molecule has 6 nitrogen and oxygen atoms in total. The molecular weight excluding hydrogens is 246 g/mol. The number of rotatable bonds is 6. The van der Waals surface area contributed by atoms with Crippen LogP contribution in [0.2, 0.25) is 0 Å². The summed E-state index contributed by atoms with van der Waals surface area (Å²) in [5.41, 5.74) is 1.04. The minimum absolute atomic E-state index is 0.0110. The summed E-state index contributed by atoms with van der Waals surface area (Å²) in [6, 6.07) is 4.64. The number of terminal acetylenes is 1. The van der Waals surface area contributed by atoms with E-state index in [4.69, 9.17) is 6.42 Å². The number of amides is 1. The van der Waals surface area contributed by atoms with Gasteiger partial charge in [0.25, 0.3) is 5.69 Å². The van der Waals surface area contributed by atoms with Crippen LogP contribution in [0.3, 0.4) is 0 Å². The van der Waals surface area contributed by atoms with Crippen LogP contribution in [-0.2, 0) is 11.2 Å². The van der Waals surface area contributed by atoms with Gasteiger partial charge in [-0.3, -0.25) is 20.2 Å². The van der Waals surface area contributed by atoms with Crippen LogP contribution in [0.1, 0.15) is 12.5 Å². The molecule has 0 aliphatic heterocycles. The van der Waals surface area contributed by atoms with Gasteiger partial charge in [0.2, 0.25) is 5.91 Å². The van der Waals surface area contributed by atoms with Crippen molar-refractivity contribution in [2.75, 3.05) is 18.4 Å². The maximum atomic E-state index is 11.5. The third-order valence-electron chi connectivity index (χ3n) is 2.46. The van der Waals surface area contributed by atoms with Crippen molar-refractivity contribution in [2.24, 2.45) is 0 Å². The number of nitro groups is 1. The number of benzene rings is 1. The normalized spacial score (nSPS) is 9.68. The SMILES string of the molecule is C#CCNCC(=O)Nc1ccc(CC)c([N+](=O)[O-])c1. The van der Waals surface area contributed by atoms with E-state index in [9.17, 15) is 14.9 Å². The number of carbonyl (C=O) groups is 1. The van der Waals surface area contributed by atoms with Crippen molar-refractivity contribution in [1.29, 1.82) is 0 Å². The number of nitro benzene ring substituents is 1. The number of aryl methyl sites for hydroxylation is 1. The second kappa shape index (κ2) is 7.13. The molecule has 0 heterocycles. The van der Waals surface area contributed by atoms with Gasteiger partial charge >= 0.3 is 0 Å². The van der Waals surface area contributed by atoms with Gasteiger partial charge in [0, 0.05) is 17.3 Å². The smallest absolute Gasteiger partial charge is 0.274 e. The summed E-state index contributed by atoms with van der Waals surface area (Å²) < 4.78 is 0. The van der Waals surface area contributed by atoms with Crippen LogP contribution in [0.25, 0.3) is 0 Å². The predicted octanol–water partition coefficient (Wildman–Crippen LogP) is 1.32. The number of hydrogen-bond acceptors (Lipinski definition) is 4. The number of carbonyl (C=O) groups excluding carboxylic acids is 1. The number of hydrogen-bond donors (Lipinski definition) is 2. The lowest BCUT2D eigenvalue weighted by molar-refractivity contribution is -0.385. The molecule has 1 rings (SSSR count). The van der Waals surface area contributed by atoms with Gasteiger partial charge in [-0.05, 0) is 12.5 Å². The third kappa shape index (κ3) is 4.41. The van der Waals surface area contributed by atoms with E-state index in [0.717, 1.165) is 0 Å². The molecule has 0 aliphatic rings. The fourth-order valence-corrected chi connectivity index (χ4v) is 1.56. The van der Waals surface area contributed by atoms with E-state index in [0.29, 0.717) is 24.2 Å². The zero-order chi connectivity index (χ0) is 14.3. The molecular formula is C13H15N3O3. The monoisotopic (exact) mass is 261 g/mol. The molecule has 0 spiro atoms. The van der Waals surface area contributed by atoms with E-state index < -0.39 is 4.92 Å². The van der Waals surface area contributed by atoms with Gasteiger partial charge < -0.3 is 5.32 Å². The first kappa shape index (κ1) is 14.7. The summed E-state index contributed by atoms with van der Waals surface area (Å²) >= 11 is 0. The van der Waals surface area contributed by atoms with Gasteiger partial charge in [-0.1, -0.05) is 18.9 Å². The summed E-state index contributed by atoms with van der Waals surface area (Å²) in [6.45, 7) is 2.19. The van der Waals surface area contributed by atoms with Gasteiger partial charge in [-0.15, -0.1) is 6.42 Å². The Morgan fingerprint density at radius 3 is 2.84 bits per heavy atom. The Morgan fingerprint density at radius 1 is 1.53 bits per heavy atom. The molecule has 1 amide bonds. The zero-order valence-electron chi connectivity index (χ0n) is 10.6.